The molecule has 1 aromatic rings. The van der Waals surface area contributed by atoms with E-state index in [2.05, 4.69) is 11.8 Å². The Morgan fingerprint density at radius 1 is 1.33 bits per heavy atom. The van der Waals surface area contributed by atoms with Gasteiger partial charge in [-0.05, 0) is 30.7 Å². The van der Waals surface area contributed by atoms with Gasteiger partial charge >= 0.3 is 0 Å². The molecular formula is C14H18N2O3S2. The molecule has 1 aliphatic rings. The Hall–Kier alpha value is -1.20. The molecule has 1 heterocycles. The first kappa shape index (κ1) is 16.2. The largest absolute Gasteiger partial charge is 0.320 e. The van der Waals surface area contributed by atoms with Crippen LogP contribution in [0.2, 0.25) is 0 Å². The summed E-state index contributed by atoms with van der Waals surface area (Å²) in [4.78, 5) is 0.256. The quantitative estimate of drug-likeness (QED) is 0.779. The number of rotatable bonds is 2. The van der Waals surface area contributed by atoms with Crippen molar-refractivity contribution >= 4 is 20.8 Å². The summed E-state index contributed by atoms with van der Waals surface area (Å²) in [5, 5.41) is 0. The highest BCUT2D eigenvalue weighted by atomic mass is 32.2. The van der Waals surface area contributed by atoms with Crippen LogP contribution in [0.15, 0.2) is 23.1 Å². The normalized spacial score (nSPS) is 17.2. The number of nitrogens with zero attached hydrogens (tertiary/aromatic N) is 1. The lowest BCUT2D eigenvalue weighted by Gasteiger charge is -2.25. The van der Waals surface area contributed by atoms with Gasteiger partial charge in [0.1, 0.15) is 0 Å². The average molecular weight is 326 g/mol. The Bertz CT molecular complexity index is 707. The van der Waals surface area contributed by atoms with Gasteiger partial charge in [0, 0.05) is 41.0 Å². The molecule has 0 spiro atoms. The molecule has 2 N–H and O–H groups in total. The summed E-state index contributed by atoms with van der Waals surface area (Å²) in [6.07, 6.45) is 0. The van der Waals surface area contributed by atoms with Crippen LogP contribution in [-0.4, -0.2) is 48.1 Å². The van der Waals surface area contributed by atoms with Gasteiger partial charge in [0.05, 0.1) is 11.4 Å². The van der Waals surface area contributed by atoms with E-state index >= 15 is 0 Å². The first-order valence-corrected chi connectivity index (χ1v) is 9.52. The highest BCUT2D eigenvalue weighted by molar-refractivity contribution is 7.89. The maximum Gasteiger partial charge on any atom is 0.243 e. The predicted molar refractivity (Wildman–Crippen MR) is 83.7 cm³/mol. The monoisotopic (exact) mass is 326 g/mol. The van der Waals surface area contributed by atoms with E-state index in [1.54, 1.807) is 18.2 Å². The van der Waals surface area contributed by atoms with Crippen molar-refractivity contribution in [2.45, 2.75) is 11.8 Å². The summed E-state index contributed by atoms with van der Waals surface area (Å²) < 4.78 is 37.8. The van der Waals surface area contributed by atoms with Gasteiger partial charge in [0.25, 0.3) is 0 Å². The minimum absolute atomic E-state index is 0.256. The predicted octanol–water partition coefficient (Wildman–Crippen LogP) is 0.0582. The summed E-state index contributed by atoms with van der Waals surface area (Å²) in [6.45, 7) is 2.71. The van der Waals surface area contributed by atoms with Gasteiger partial charge in [-0.2, -0.15) is 4.31 Å². The average Bonchev–Trinajstić information content (AvgIpc) is 2.46. The van der Waals surface area contributed by atoms with Gasteiger partial charge in [-0.25, -0.2) is 8.42 Å². The van der Waals surface area contributed by atoms with Crippen LogP contribution in [0.25, 0.3) is 0 Å². The second kappa shape index (κ2) is 6.71. The smallest absolute Gasteiger partial charge is 0.243 e. The molecule has 0 aliphatic carbocycles. The fourth-order valence-electron chi connectivity index (χ4n) is 2.09. The Morgan fingerprint density at radius 2 is 2.00 bits per heavy atom. The fraction of sp³-hybridized carbons (Fsp3) is 0.429. The Balaban J connectivity index is 2.28. The van der Waals surface area contributed by atoms with Crippen molar-refractivity contribution in [2.24, 2.45) is 5.73 Å². The van der Waals surface area contributed by atoms with E-state index in [1.165, 1.54) is 4.31 Å². The van der Waals surface area contributed by atoms with E-state index in [-0.39, 0.29) is 11.4 Å². The van der Waals surface area contributed by atoms with Crippen LogP contribution < -0.4 is 5.73 Å². The van der Waals surface area contributed by atoms with E-state index in [9.17, 15) is 12.6 Å². The summed E-state index contributed by atoms with van der Waals surface area (Å²) in [5.41, 5.74) is 6.91. The van der Waals surface area contributed by atoms with Crippen molar-refractivity contribution < 1.29 is 12.6 Å². The molecule has 1 fully saturated rings. The van der Waals surface area contributed by atoms with Gasteiger partial charge in [-0.3, -0.25) is 4.21 Å². The van der Waals surface area contributed by atoms with Crippen LogP contribution in [-0.2, 0) is 20.8 Å². The molecule has 0 atom stereocenters. The minimum atomic E-state index is -3.52. The van der Waals surface area contributed by atoms with Crippen LogP contribution >= 0.6 is 0 Å². The lowest BCUT2D eigenvalue weighted by molar-refractivity contribution is 0.438. The number of hydrogen-bond acceptors (Lipinski definition) is 4. The van der Waals surface area contributed by atoms with Gasteiger partial charge < -0.3 is 5.73 Å². The molecule has 0 unspecified atom stereocenters. The maximum absolute atomic E-state index is 12.5. The molecule has 0 bridgehead atoms. The first-order valence-electron chi connectivity index (χ1n) is 6.60. The van der Waals surface area contributed by atoms with Gasteiger partial charge in [-0.15, -0.1) is 0 Å². The van der Waals surface area contributed by atoms with E-state index in [4.69, 9.17) is 5.73 Å². The molecule has 1 aliphatic heterocycles. The molecule has 2 rings (SSSR count). The van der Waals surface area contributed by atoms with Crippen LogP contribution in [0, 0.1) is 18.8 Å². The van der Waals surface area contributed by atoms with Crippen LogP contribution in [0.4, 0.5) is 0 Å². The second-order valence-electron chi connectivity index (χ2n) is 4.73. The standard InChI is InChI=1S/C14H18N2O3S2/c1-12-11-14(5-4-13(12)3-2-6-15)21(18,19)16-7-9-20(17)10-8-16/h4-5,11H,6-10,15H2,1H3. The summed E-state index contributed by atoms with van der Waals surface area (Å²) in [5.74, 6) is 6.47. The van der Waals surface area contributed by atoms with Crippen molar-refractivity contribution in [3.05, 3.63) is 29.3 Å². The third-order valence-corrected chi connectivity index (χ3v) is 6.47. The zero-order valence-electron chi connectivity index (χ0n) is 11.8. The van der Waals surface area contributed by atoms with E-state index in [0.717, 1.165) is 11.1 Å². The van der Waals surface area contributed by atoms with Crippen LogP contribution in [0.5, 0.6) is 0 Å². The van der Waals surface area contributed by atoms with E-state index < -0.39 is 20.8 Å². The maximum atomic E-state index is 12.5. The first-order chi connectivity index (χ1) is 9.95. The van der Waals surface area contributed by atoms with Crippen molar-refractivity contribution in [1.29, 1.82) is 0 Å². The third-order valence-electron chi connectivity index (χ3n) is 3.30. The summed E-state index contributed by atoms with van der Waals surface area (Å²) >= 11 is 0. The molecule has 21 heavy (non-hydrogen) atoms. The lowest BCUT2D eigenvalue weighted by atomic mass is 10.1. The molecule has 0 amide bonds. The van der Waals surface area contributed by atoms with E-state index in [1.807, 2.05) is 6.92 Å². The molecule has 0 radical (unpaired) electrons. The summed E-state index contributed by atoms with van der Waals surface area (Å²) in [7, 11) is -4.42. The highest BCUT2D eigenvalue weighted by Gasteiger charge is 2.28. The van der Waals surface area contributed by atoms with Crippen molar-refractivity contribution in [2.75, 3.05) is 31.1 Å². The molecule has 7 heteroatoms. The lowest BCUT2D eigenvalue weighted by Crippen LogP contribution is -2.41. The molecular weight excluding hydrogens is 308 g/mol. The topological polar surface area (TPSA) is 80.5 Å². The van der Waals surface area contributed by atoms with Crippen LogP contribution in [0.3, 0.4) is 0 Å². The molecule has 114 valence electrons. The molecule has 5 nitrogen and oxygen atoms in total. The summed E-state index contributed by atoms with van der Waals surface area (Å²) in [6, 6.07) is 4.89. The number of aryl methyl sites for hydroxylation is 1. The molecule has 0 saturated carbocycles. The zero-order chi connectivity index (χ0) is 15.5. The fourth-order valence-corrected chi connectivity index (χ4v) is 4.90. The van der Waals surface area contributed by atoms with E-state index in [0.29, 0.717) is 24.6 Å². The number of hydrogen-bond donors (Lipinski definition) is 1. The Labute approximate surface area is 128 Å². The minimum Gasteiger partial charge on any atom is -0.320 e. The Kier molecular flexibility index (Phi) is 5.17. The van der Waals surface area contributed by atoms with Crippen molar-refractivity contribution in [1.82, 2.24) is 4.31 Å². The molecule has 1 saturated heterocycles. The van der Waals surface area contributed by atoms with Gasteiger partial charge in [0.15, 0.2) is 0 Å². The number of benzene rings is 1. The second-order valence-corrected chi connectivity index (χ2v) is 8.37. The highest BCUT2D eigenvalue weighted by Crippen LogP contribution is 2.20. The van der Waals surface area contributed by atoms with Gasteiger partial charge in [-0.1, -0.05) is 11.8 Å². The van der Waals surface area contributed by atoms with Crippen molar-refractivity contribution in [3.63, 3.8) is 0 Å². The van der Waals surface area contributed by atoms with Crippen molar-refractivity contribution in [3.8, 4) is 11.8 Å². The van der Waals surface area contributed by atoms with Crippen LogP contribution in [0.1, 0.15) is 11.1 Å². The molecule has 1 aromatic carbocycles. The third kappa shape index (κ3) is 3.71. The zero-order valence-corrected chi connectivity index (χ0v) is 13.5. The number of nitrogens with two attached hydrogens (primary N) is 1. The SMILES string of the molecule is Cc1cc(S(=O)(=O)N2CCS(=O)CC2)ccc1C#CCN. The molecule has 0 aromatic heterocycles. The number of sulfonamides is 1. The van der Waals surface area contributed by atoms with Gasteiger partial charge in [0.2, 0.25) is 10.0 Å². The Morgan fingerprint density at radius 3 is 2.57 bits per heavy atom.